The molecule has 1 aliphatic heterocycles. The second-order valence-corrected chi connectivity index (χ2v) is 7.25. The van der Waals surface area contributed by atoms with Crippen LogP contribution in [0.4, 0.5) is 0 Å². The van der Waals surface area contributed by atoms with Gasteiger partial charge in [-0.05, 0) is 37.6 Å². The van der Waals surface area contributed by atoms with Crippen LogP contribution in [-0.4, -0.2) is 34.6 Å². The molecule has 0 radical (unpaired) electrons. The number of benzene rings is 2. The van der Waals surface area contributed by atoms with Crippen molar-refractivity contribution in [2.75, 3.05) is 6.61 Å². The van der Waals surface area contributed by atoms with Gasteiger partial charge in [0.1, 0.15) is 5.75 Å². The van der Waals surface area contributed by atoms with Gasteiger partial charge < -0.3 is 14.5 Å². The Kier molecular flexibility index (Phi) is 4.96. The highest BCUT2D eigenvalue weighted by molar-refractivity contribution is 5.85. The Morgan fingerprint density at radius 2 is 2.03 bits per heavy atom. The van der Waals surface area contributed by atoms with Gasteiger partial charge in [-0.1, -0.05) is 29.8 Å². The summed E-state index contributed by atoms with van der Waals surface area (Å²) in [6.07, 6.45) is 0.735. The number of carbonyl (C=O) groups excluding carboxylic acids is 1. The summed E-state index contributed by atoms with van der Waals surface area (Å²) in [6, 6.07) is 12.2. The molecule has 2 aromatic carbocycles. The lowest BCUT2D eigenvalue weighted by Gasteiger charge is -2.34. The van der Waals surface area contributed by atoms with Gasteiger partial charge in [-0.3, -0.25) is 14.9 Å². The van der Waals surface area contributed by atoms with Crippen molar-refractivity contribution in [3.8, 4) is 5.75 Å². The first-order chi connectivity index (χ1) is 14.0. The third-order valence-corrected chi connectivity index (χ3v) is 5.38. The molecule has 150 valence electrons. The molecular formula is C22H22N2O5. The van der Waals surface area contributed by atoms with Crippen LogP contribution >= 0.6 is 0 Å². The van der Waals surface area contributed by atoms with E-state index in [2.05, 4.69) is 4.98 Å². The van der Waals surface area contributed by atoms with E-state index in [1.165, 1.54) is 0 Å². The van der Waals surface area contributed by atoms with Gasteiger partial charge in [0.2, 0.25) is 0 Å². The van der Waals surface area contributed by atoms with Crippen molar-refractivity contribution in [2.45, 2.75) is 38.3 Å². The van der Waals surface area contributed by atoms with Crippen LogP contribution in [0, 0.1) is 17.0 Å². The fraction of sp³-hybridized carbons (Fsp3) is 0.318. The number of nitrogens with one attached hydrogen (secondary N) is 1. The van der Waals surface area contributed by atoms with Crippen molar-refractivity contribution in [1.82, 2.24) is 4.98 Å². The number of aromatic nitrogens is 1. The Morgan fingerprint density at radius 1 is 1.24 bits per heavy atom. The molecule has 0 bridgehead atoms. The highest BCUT2D eigenvalue weighted by atomic mass is 16.6. The first-order valence-corrected chi connectivity index (χ1v) is 9.62. The van der Waals surface area contributed by atoms with Crippen molar-refractivity contribution in [1.29, 1.82) is 0 Å². The number of nitrogens with zero attached hydrogens (tertiary/aromatic N) is 1. The van der Waals surface area contributed by atoms with Gasteiger partial charge in [-0.25, -0.2) is 0 Å². The number of ether oxygens (including phenoxy) is 2. The lowest BCUT2D eigenvalue weighted by Crippen LogP contribution is -2.47. The average Bonchev–Trinajstić information content (AvgIpc) is 3.09. The lowest BCUT2D eigenvalue weighted by atomic mass is 9.79. The summed E-state index contributed by atoms with van der Waals surface area (Å²) in [4.78, 5) is 27.2. The fourth-order valence-corrected chi connectivity index (χ4v) is 4.15. The molecule has 1 N–H and O–H groups in total. The van der Waals surface area contributed by atoms with Gasteiger partial charge in [-0.2, -0.15) is 0 Å². The third-order valence-electron chi connectivity index (χ3n) is 5.38. The predicted molar refractivity (Wildman–Crippen MR) is 108 cm³/mol. The van der Waals surface area contributed by atoms with Crippen LogP contribution < -0.4 is 4.74 Å². The number of aromatic amines is 1. The summed E-state index contributed by atoms with van der Waals surface area (Å²) >= 11 is 0. The number of aryl methyl sites for hydroxylation is 1. The SMILES string of the molecule is CCOC(=O)C[C@@H]1Oc2ccccc2[C@H](c2c[nH]c3ccc(C)cc23)[C@H]1[N+](=O)[O-]. The van der Waals surface area contributed by atoms with E-state index in [0.717, 1.165) is 27.6 Å². The Bertz CT molecular complexity index is 1070. The Balaban J connectivity index is 1.87. The fourth-order valence-electron chi connectivity index (χ4n) is 4.15. The van der Waals surface area contributed by atoms with Crippen molar-refractivity contribution in [3.63, 3.8) is 0 Å². The normalized spacial score (nSPS) is 20.7. The van der Waals surface area contributed by atoms with E-state index in [0.29, 0.717) is 5.75 Å². The number of hydrogen-bond acceptors (Lipinski definition) is 5. The van der Waals surface area contributed by atoms with Crippen LogP contribution in [0.2, 0.25) is 0 Å². The minimum atomic E-state index is -1.12. The quantitative estimate of drug-likeness (QED) is 0.401. The number of esters is 1. The average molecular weight is 394 g/mol. The number of rotatable bonds is 5. The van der Waals surface area contributed by atoms with Crippen LogP contribution in [0.25, 0.3) is 10.9 Å². The number of H-pyrrole nitrogens is 1. The zero-order chi connectivity index (χ0) is 20.5. The van der Waals surface area contributed by atoms with Crippen LogP contribution in [-0.2, 0) is 9.53 Å². The standard InChI is InChI=1S/C22H22N2O5/c1-3-28-20(25)11-19-22(24(26)27)21(14-6-4-5-7-18(14)29-19)16-12-23-17-9-8-13(2)10-15(16)17/h4-10,12,19,21-23H,3,11H2,1-2H3/t19-,21+,22-/m0/s1. The van der Waals surface area contributed by atoms with Crippen molar-refractivity contribution >= 4 is 16.9 Å². The largest absolute Gasteiger partial charge is 0.482 e. The van der Waals surface area contributed by atoms with Gasteiger partial charge in [0.25, 0.3) is 6.04 Å². The highest BCUT2D eigenvalue weighted by Gasteiger charge is 2.49. The predicted octanol–water partition coefficient (Wildman–Crippen LogP) is 3.97. The minimum Gasteiger partial charge on any atom is -0.482 e. The number of nitro groups is 1. The van der Waals surface area contributed by atoms with Crippen LogP contribution in [0.5, 0.6) is 5.75 Å². The second kappa shape index (κ2) is 7.58. The van der Waals surface area contributed by atoms with E-state index in [1.54, 1.807) is 13.0 Å². The summed E-state index contributed by atoms with van der Waals surface area (Å²) in [7, 11) is 0. The Hall–Kier alpha value is -3.35. The van der Waals surface area contributed by atoms with Crippen molar-refractivity contribution in [3.05, 3.63) is 75.5 Å². The monoisotopic (exact) mass is 394 g/mol. The zero-order valence-electron chi connectivity index (χ0n) is 16.3. The maximum absolute atomic E-state index is 12.2. The first-order valence-electron chi connectivity index (χ1n) is 9.62. The number of fused-ring (bicyclic) bond motifs is 2. The summed E-state index contributed by atoms with van der Waals surface area (Å²) in [5.74, 6) is -0.492. The summed E-state index contributed by atoms with van der Waals surface area (Å²) < 4.78 is 11.0. The van der Waals surface area contributed by atoms with Crippen molar-refractivity contribution < 1.29 is 19.2 Å². The lowest BCUT2D eigenvalue weighted by molar-refractivity contribution is -0.537. The van der Waals surface area contributed by atoms with Gasteiger partial charge in [0, 0.05) is 27.6 Å². The maximum Gasteiger partial charge on any atom is 0.309 e. The molecule has 2 heterocycles. The Labute approximate surface area is 167 Å². The molecule has 0 unspecified atom stereocenters. The molecule has 3 atom stereocenters. The molecule has 1 aromatic heterocycles. The van der Waals surface area contributed by atoms with E-state index in [1.807, 2.05) is 49.5 Å². The molecule has 7 heteroatoms. The topological polar surface area (TPSA) is 94.5 Å². The molecule has 29 heavy (non-hydrogen) atoms. The molecule has 4 rings (SSSR count). The zero-order valence-corrected chi connectivity index (χ0v) is 16.3. The summed E-state index contributed by atoms with van der Waals surface area (Å²) in [5.41, 5.74) is 3.56. The molecule has 0 saturated heterocycles. The summed E-state index contributed by atoms with van der Waals surface area (Å²) in [6.45, 7) is 3.91. The molecule has 7 nitrogen and oxygen atoms in total. The van der Waals surface area contributed by atoms with Gasteiger partial charge in [0.05, 0.1) is 18.9 Å². The van der Waals surface area contributed by atoms with E-state index in [4.69, 9.17) is 9.47 Å². The molecule has 0 aliphatic carbocycles. The van der Waals surface area contributed by atoms with Gasteiger partial charge in [0.15, 0.2) is 6.10 Å². The molecule has 3 aromatic rings. The maximum atomic E-state index is 12.2. The molecule has 0 amide bonds. The first kappa shape index (κ1) is 19.0. The van der Waals surface area contributed by atoms with Crippen LogP contribution in [0.3, 0.4) is 0 Å². The molecule has 0 saturated carbocycles. The number of para-hydroxylation sites is 1. The molecule has 1 aliphatic rings. The number of carbonyl (C=O) groups is 1. The van der Waals surface area contributed by atoms with Crippen LogP contribution in [0.15, 0.2) is 48.7 Å². The van der Waals surface area contributed by atoms with Gasteiger partial charge >= 0.3 is 5.97 Å². The summed E-state index contributed by atoms with van der Waals surface area (Å²) in [5, 5.41) is 13.1. The molecular weight excluding hydrogens is 372 g/mol. The van der Waals surface area contributed by atoms with Crippen LogP contribution in [0.1, 0.15) is 36.0 Å². The second-order valence-electron chi connectivity index (χ2n) is 7.25. The molecule has 0 spiro atoms. The van der Waals surface area contributed by atoms with E-state index < -0.39 is 24.0 Å². The van der Waals surface area contributed by atoms with E-state index in [-0.39, 0.29) is 18.0 Å². The van der Waals surface area contributed by atoms with E-state index in [9.17, 15) is 14.9 Å². The number of hydrogen-bond donors (Lipinski definition) is 1. The van der Waals surface area contributed by atoms with E-state index >= 15 is 0 Å². The van der Waals surface area contributed by atoms with Gasteiger partial charge in [-0.15, -0.1) is 0 Å². The highest BCUT2D eigenvalue weighted by Crippen LogP contribution is 2.44. The smallest absolute Gasteiger partial charge is 0.309 e. The molecule has 0 fully saturated rings. The Morgan fingerprint density at radius 3 is 2.79 bits per heavy atom. The third kappa shape index (κ3) is 3.44. The van der Waals surface area contributed by atoms with Crippen molar-refractivity contribution in [2.24, 2.45) is 0 Å². The minimum absolute atomic E-state index is 0.175.